The number of hydrogen-bond donors (Lipinski definition) is 3. The van der Waals surface area contributed by atoms with Crippen molar-refractivity contribution in [1.29, 1.82) is 0 Å². The lowest BCUT2D eigenvalue weighted by molar-refractivity contribution is 0.0858. The summed E-state index contributed by atoms with van der Waals surface area (Å²) in [5, 5.41) is 5.53. The van der Waals surface area contributed by atoms with Crippen molar-refractivity contribution in [2.45, 2.75) is 37.7 Å². The lowest BCUT2D eigenvalue weighted by Crippen LogP contribution is -2.32. The number of amides is 2. The van der Waals surface area contributed by atoms with E-state index < -0.39 is 15.9 Å². The van der Waals surface area contributed by atoms with Gasteiger partial charge in [0.25, 0.3) is 21.8 Å². The first-order valence-corrected chi connectivity index (χ1v) is 13.7. The molecule has 3 aromatic rings. The van der Waals surface area contributed by atoms with Gasteiger partial charge in [0.1, 0.15) is 4.90 Å². The second-order valence-corrected chi connectivity index (χ2v) is 10.9. The van der Waals surface area contributed by atoms with Crippen LogP contribution in [0, 0.1) is 13.8 Å². The molecule has 10 heteroatoms. The van der Waals surface area contributed by atoms with Crippen molar-refractivity contribution in [3.63, 3.8) is 0 Å². The van der Waals surface area contributed by atoms with E-state index in [2.05, 4.69) is 15.4 Å². The average molecular weight is 542 g/mol. The molecule has 0 aromatic heterocycles. The third kappa shape index (κ3) is 6.30. The molecule has 0 saturated carbocycles. The molecule has 3 aromatic carbocycles. The fourth-order valence-electron chi connectivity index (χ4n) is 4.00. The Morgan fingerprint density at radius 2 is 1.76 bits per heavy atom. The Morgan fingerprint density at radius 1 is 1.00 bits per heavy atom. The van der Waals surface area contributed by atoms with Gasteiger partial charge >= 0.3 is 0 Å². The van der Waals surface area contributed by atoms with Crippen molar-refractivity contribution < 1.29 is 22.7 Å². The molecule has 3 N–H and O–H groups in total. The number of para-hydroxylation sites is 1. The maximum Gasteiger partial charge on any atom is 0.263 e. The Morgan fingerprint density at radius 3 is 2.51 bits per heavy atom. The molecule has 194 valence electrons. The van der Waals surface area contributed by atoms with Gasteiger partial charge in [0.05, 0.1) is 28.1 Å². The lowest BCUT2D eigenvalue weighted by Gasteiger charge is -2.15. The lowest BCUT2D eigenvalue weighted by atomic mass is 10.1. The van der Waals surface area contributed by atoms with Crippen LogP contribution in [0.2, 0.25) is 5.02 Å². The summed E-state index contributed by atoms with van der Waals surface area (Å²) in [4.78, 5) is 25.6. The van der Waals surface area contributed by atoms with E-state index >= 15 is 0 Å². The van der Waals surface area contributed by atoms with Crippen molar-refractivity contribution in [3.8, 4) is 0 Å². The van der Waals surface area contributed by atoms with Gasteiger partial charge in [-0.15, -0.1) is 0 Å². The normalized spacial score (nSPS) is 15.3. The molecule has 8 nitrogen and oxygen atoms in total. The summed E-state index contributed by atoms with van der Waals surface area (Å²) in [5.74, 6) is -0.928. The number of carbonyl (C=O) groups excluding carboxylic acids is 2. The van der Waals surface area contributed by atoms with Crippen molar-refractivity contribution >= 4 is 44.8 Å². The van der Waals surface area contributed by atoms with E-state index in [1.54, 1.807) is 36.4 Å². The first-order chi connectivity index (χ1) is 17.7. The van der Waals surface area contributed by atoms with Gasteiger partial charge in [-0.2, -0.15) is 0 Å². The average Bonchev–Trinajstić information content (AvgIpc) is 3.39. The second kappa shape index (κ2) is 11.3. The smallest absolute Gasteiger partial charge is 0.263 e. The van der Waals surface area contributed by atoms with Gasteiger partial charge in [-0.3, -0.25) is 14.3 Å². The molecule has 4 rings (SSSR count). The van der Waals surface area contributed by atoms with Gasteiger partial charge in [-0.1, -0.05) is 35.9 Å². The molecule has 1 atom stereocenters. The maximum atomic E-state index is 13.2. The molecule has 1 fully saturated rings. The van der Waals surface area contributed by atoms with E-state index in [4.69, 9.17) is 16.3 Å². The van der Waals surface area contributed by atoms with E-state index in [-0.39, 0.29) is 33.1 Å². The van der Waals surface area contributed by atoms with Crippen molar-refractivity contribution in [3.05, 3.63) is 87.9 Å². The van der Waals surface area contributed by atoms with E-state index in [1.165, 1.54) is 18.2 Å². The number of anilines is 2. The topological polar surface area (TPSA) is 114 Å². The van der Waals surface area contributed by atoms with Crippen LogP contribution < -0.4 is 15.4 Å². The highest BCUT2D eigenvalue weighted by Crippen LogP contribution is 2.28. The van der Waals surface area contributed by atoms with Gasteiger partial charge < -0.3 is 15.4 Å². The molecule has 0 aliphatic carbocycles. The zero-order valence-corrected chi connectivity index (χ0v) is 22.1. The number of benzene rings is 3. The minimum absolute atomic E-state index is 0.0164. The first kappa shape index (κ1) is 26.7. The highest BCUT2D eigenvalue weighted by Gasteiger charge is 2.23. The van der Waals surface area contributed by atoms with Crippen LogP contribution in [-0.4, -0.2) is 39.5 Å². The maximum absolute atomic E-state index is 13.2. The Labute approximate surface area is 221 Å². The van der Waals surface area contributed by atoms with E-state index in [0.717, 1.165) is 24.0 Å². The van der Waals surface area contributed by atoms with Crippen molar-refractivity contribution in [2.24, 2.45) is 0 Å². The largest absolute Gasteiger partial charge is 0.376 e. The monoisotopic (exact) mass is 541 g/mol. The van der Waals surface area contributed by atoms with Crippen LogP contribution in [0.4, 0.5) is 11.4 Å². The summed E-state index contributed by atoms with van der Waals surface area (Å²) in [6.07, 6.45) is 1.84. The molecule has 0 unspecified atom stereocenters. The summed E-state index contributed by atoms with van der Waals surface area (Å²) >= 11 is 6.22. The summed E-state index contributed by atoms with van der Waals surface area (Å²) in [6, 6.07) is 15.9. The number of rotatable bonds is 8. The van der Waals surface area contributed by atoms with Gasteiger partial charge in [-0.25, -0.2) is 8.42 Å². The number of halogens is 1. The summed E-state index contributed by atoms with van der Waals surface area (Å²) in [6.45, 7) is 4.76. The predicted octanol–water partition coefficient (Wildman–Crippen LogP) is 4.92. The Balaban J connectivity index is 1.53. The molecular weight excluding hydrogens is 514 g/mol. The Bertz CT molecular complexity index is 1440. The van der Waals surface area contributed by atoms with Crippen LogP contribution in [0.3, 0.4) is 0 Å². The molecule has 2 amide bonds. The molecule has 0 radical (unpaired) electrons. The fourth-order valence-corrected chi connectivity index (χ4v) is 5.65. The third-order valence-corrected chi connectivity index (χ3v) is 8.11. The molecule has 1 aliphatic rings. The Hall–Kier alpha value is -3.40. The zero-order valence-electron chi connectivity index (χ0n) is 20.5. The van der Waals surface area contributed by atoms with Crippen LogP contribution in [0.5, 0.6) is 0 Å². The van der Waals surface area contributed by atoms with Gasteiger partial charge in [0.15, 0.2) is 0 Å². The summed E-state index contributed by atoms with van der Waals surface area (Å²) < 4.78 is 34.4. The molecule has 1 aliphatic heterocycles. The Kier molecular flexibility index (Phi) is 8.16. The van der Waals surface area contributed by atoms with E-state index in [0.29, 0.717) is 24.5 Å². The molecule has 0 spiro atoms. The number of hydrogen-bond acceptors (Lipinski definition) is 5. The summed E-state index contributed by atoms with van der Waals surface area (Å²) in [5.41, 5.74) is 2.79. The highest BCUT2D eigenvalue weighted by atomic mass is 35.5. The minimum Gasteiger partial charge on any atom is -0.376 e. The minimum atomic E-state index is -4.09. The number of sulfonamides is 1. The highest BCUT2D eigenvalue weighted by molar-refractivity contribution is 7.92. The number of carbonyl (C=O) groups is 2. The predicted molar refractivity (Wildman–Crippen MR) is 144 cm³/mol. The second-order valence-electron chi connectivity index (χ2n) is 8.84. The standard InChI is InChI=1S/C27H28ClN3O5S/c1-17-7-5-11-23(18(17)2)31-37(34,35)25-15-19(12-13-22(25)28)26(32)30-24-10-4-3-9-21(24)27(33)29-16-20-8-6-14-36-20/h3-5,7,9-13,15,20,31H,6,8,14,16H2,1-2H3,(H,29,33)(H,30,32)/t20-/m0/s1. The van der Waals surface area contributed by atoms with Gasteiger partial charge in [0, 0.05) is 18.7 Å². The van der Waals surface area contributed by atoms with Crippen LogP contribution in [0.25, 0.3) is 0 Å². The number of aryl methyl sites for hydroxylation is 1. The van der Waals surface area contributed by atoms with E-state index in [1.807, 2.05) is 19.9 Å². The zero-order chi connectivity index (χ0) is 26.6. The van der Waals surface area contributed by atoms with Crippen molar-refractivity contribution in [2.75, 3.05) is 23.2 Å². The molecular formula is C27H28ClN3O5S. The molecule has 1 heterocycles. The third-order valence-electron chi connectivity index (χ3n) is 6.27. The molecule has 0 bridgehead atoms. The SMILES string of the molecule is Cc1cccc(NS(=O)(=O)c2cc(C(=O)Nc3ccccc3C(=O)NC[C@@H]3CCCO3)ccc2Cl)c1C. The summed E-state index contributed by atoms with van der Waals surface area (Å²) in [7, 11) is -4.09. The first-order valence-electron chi connectivity index (χ1n) is 11.8. The van der Waals surface area contributed by atoms with E-state index in [9.17, 15) is 18.0 Å². The fraction of sp³-hybridized carbons (Fsp3) is 0.259. The quantitative estimate of drug-likeness (QED) is 0.374. The van der Waals surface area contributed by atoms with Crippen LogP contribution in [0.15, 0.2) is 65.6 Å². The van der Waals surface area contributed by atoms with Gasteiger partial charge in [0.2, 0.25) is 0 Å². The van der Waals surface area contributed by atoms with Crippen LogP contribution >= 0.6 is 11.6 Å². The van der Waals surface area contributed by atoms with Gasteiger partial charge in [-0.05, 0) is 74.2 Å². The molecule has 37 heavy (non-hydrogen) atoms. The molecule has 1 saturated heterocycles. The van der Waals surface area contributed by atoms with Crippen LogP contribution in [-0.2, 0) is 14.8 Å². The van der Waals surface area contributed by atoms with Crippen LogP contribution in [0.1, 0.15) is 44.7 Å². The number of ether oxygens (including phenoxy) is 1. The van der Waals surface area contributed by atoms with Crippen molar-refractivity contribution in [1.82, 2.24) is 5.32 Å². The number of nitrogens with one attached hydrogen (secondary N) is 3.